The lowest BCUT2D eigenvalue weighted by Gasteiger charge is -2.14. The topological polar surface area (TPSA) is 47.3 Å². The second-order valence-corrected chi connectivity index (χ2v) is 5.91. The van der Waals surface area contributed by atoms with Crippen molar-refractivity contribution in [3.8, 4) is 5.75 Å². The lowest BCUT2D eigenvalue weighted by Crippen LogP contribution is -1.98. The Morgan fingerprint density at radius 3 is 2.58 bits per heavy atom. The van der Waals surface area contributed by atoms with Crippen molar-refractivity contribution in [3.63, 3.8) is 0 Å². The Bertz CT molecular complexity index is 620. The molecule has 0 aliphatic heterocycles. The van der Waals surface area contributed by atoms with Gasteiger partial charge in [0.15, 0.2) is 0 Å². The van der Waals surface area contributed by atoms with Gasteiger partial charge < -0.3 is 15.8 Å². The summed E-state index contributed by atoms with van der Waals surface area (Å²) in [6.45, 7) is 0. The second-order valence-electron chi connectivity index (χ2n) is 3.79. The number of rotatable bonds is 3. The number of hydrogen-bond donors (Lipinski definition) is 2. The molecule has 19 heavy (non-hydrogen) atoms. The molecule has 0 fully saturated rings. The SMILES string of the molecule is COc1cc(Nc2cccc(Cl)c2N)c(Br)cc1Br. The number of nitrogens with one attached hydrogen (secondary N) is 1. The molecule has 0 bridgehead atoms. The van der Waals surface area contributed by atoms with E-state index in [0.29, 0.717) is 10.7 Å². The molecule has 0 aromatic heterocycles. The number of methoxy groups -OCH3 is 1. The molecule has 3 N–H and O–H groups in total. The number of anilines is 3. The van der Waals surface area contributed by atoms with Crippen LogP contribution in [-0.4, -0.2) is 7.11 Å². The van der Waals surface area contributed by atoms with Crippen LogP contribution < -0.4 is 15.8 Å². The van der Waals surface area contributed by atoms with Gasteiger partial charge in [-0.2, -0.15) is 0 Å². The van der Waals surface area contributed by atoms with E-state index in [9.17, 15) is 0 Å². The van der Waals surface area contributed by atoms with Crippen molar-refractivity contribution in [3.05, 3.63) is 44.3 Å². The first-order valence-corrected chi connectivity index (χ1v) is 7.33. The average Bonchev–Trinajstić information content (AvgIpc) is 2.38. The lowest BCUT2D eigenvalue weighted by molar-refractivity contribution is 0.412. The second kappa shape index (κ2) is 6.03. The largest absolute Gasteiger partial charge is 0.495 e. The molecule has 0 amide bonds. The summed E-state index contributed by atoms with van der Waals surface area (Å²) >= 11 is 12.9. The van der Waals surface area contributed by atoms with Crippen molar-refractivity contribution < 1.29 is 4.74 Å². The molecule has 2 aromatic carbocycles. The number of ether oxygens (including phenoxy) is 1. The van der Waals surface area contributed by atoms with E-state index in [-0.39, 0.29) is 0 Å². The minimum Gasteiger partial charge on any atom is -0.495 e. The molecule has 0 heterocycles. The third kappa shape index (κ3) is 3.16. The van der Waals surface area contributed by atoms with E-state index in [0.717, 1.165) is 26.1 Å². The van der Waals surface area contributed by atoms with Crippen LogP contribution in [0.1, 0.15) is 0 Å². The summed E-state index contributed by atoms with van der Waals surface area (Å²) in [6, 6.07) is 9.23. The van der Waals surface area contributed by atoms with Crippen LogP contribution in [0.15, 0.2) is 39.3 Å². The molecule has 0 aliphatic rings. The van der Waals surface area contributed by atoms with Crippen LogP contribution in [0.3, 0.4) is 0 Å². The summed E-state index contributed by atoms with van der Waals surface area (Å²) in [7, 11) is 1.62. The fourth-order valence-electron chi connectivity index (χ4n) is 1.57. The van der Waals surface area contributed by atoms with E-state index in [1.54, 1.807) is 13.2 Å². The third-order valence-electron chi connectivity index (χ3n) is 2.56. The van der Waals surface area contributed by atoms with Gasteiger partial charge in [-0.3, -0.25) is 0 Å². The Morgan fingerprint density at radius 2 is 1.89 bits per heavy atom. The van der Waals surface area contributed by atoms with Gasteiger partial charge in [0.2, 0.25) is 0 Å². The predicted octanol–water partition coefficient (Wildman–Crippen LogP) is 5.20. The molecule has 0 radical (unpaired) electrons. The van der Waals surface area contributed by atoms with Crippen LogP contribution in [0.25, 0.3) is 0 Å². The number of hydrogen-bond acceptors (Lipinski definition) is 3. The summed E-state index contributed by atoms with van der Waals surface area (Å²) in [6.07, 6.45) is 0. The Balaban J connectivity index is 2.41. The number of halogens is 3. The summed E-state index contributed by atoms with van der Waals surface area (Å²) in [5, 5.41) is 3.74. The molecule has 0 aliphatic carbocycles. The van der Waals surface area contributed by atoms with Gasteiger partial charge in [-0.15, -0.1) is 0 Å². The maximum absolute atomic E-state index is 5.99. The highest BCUT2D eigenvalue weighted by atomic mass is 79.9. The van der Waals surface area contributed by atoms with Gasteiger partial charge in [0.05, 0.1) is 33.7 Å². The van der Waals surface area contributed by atoms with Crippen molar-refractivity contribution in [2.45, 2.75) is 0 Å². The molecule has 2 rings (SSSR count). The molecule has 3 nitrogen and oxygen atoms in total. The van der Waals surface area contributed by atoms with Crippen LogP contribution in [0, 0.1) is 0 Å². The number of para-hydroxylation sites is 1. The lowest BCUT2D eigenvalue weighted by atomic mass is 10.2. The fraction of sp³-hybridized carbons (Fsp3) is 0.0769. The van der Waals surface area contributed by atoms with E-state index >= 15 is 0 Å². The molecule has 6 heteroatoms. The predicted molar refractivity (Wildman–Crippen MR) is 87.5 cm³/mol. The smallest absolute Gasteiger partial charge is 0.135 e. The van der Waals surface area contributed by atoms with Crippen molar-refractivity contribution in [1.29, 1.82) is 0 Å². The zero-order valence-electron chi connectivity index (χ0n) is 10.0. The Kier molecular flexibility index (Phi) is 4.60. The van der Waals surface area contributed by atoms with Crippen LogP contribution in [0.4, 0.5) is 17.1 Å². The fourth-order valence-corrected chi connectivity index (χ4v) is 3.00. The first kappa shape index (κ1) is 14.5. The van der Waals surface area contributed by atoms with Crippen LogP contribution in [-0.2, 0) is 0 Å². The van der Waals surface area contributed by atoms with Crippen molar-refractivity contribution in [1.82, 2.24) is 0 Å². The van der Waals surface area contributed by atoms with E-state index in [1.165, 1.54) is 0 Å². The van der Waals surface area contributed by atoms with Crippen molar-refractivity contribution >= 4 is 60.5 Å². The van der Waals surface area contributed by atoms with Gasteiger partial charge in [0.25, 0.3) is 0 Å². The van der Waals surface area contributed by atoms with Gasteiger partial charge in [-0.05, 0) is 50.1 Å². The number of nitrogens with two attached hydrogens (primary N) is 1. The summed E-state index contributed by atoms with van der Waals surface area (Å²) in [5.74, 6) is 0.728. The number of benzene rings is 2. The molecule has 100 valence electrons. The highest BCUT2D eigenvalue weighted by Crippen LogP contribution is 2.37. The zero-order valence-corrected chi connectivity index (χ0v) is 13.9. The molecule has 2 aromatic rings. The van der Waals surface area contributed by atoms with Crippen molar-refractivity contribution in [2.75, 3.05) is 18.2 Å². The van der Waals surface area contributed by atoms with Crippen molar-refractivity contribution in [2.24, 2.45) is 0 Å². The summed E-state index contributed by atoms with van der Waals surface area (Å²) in [4.78, 5) is 0. The molecule has 0 spiro atoms. The van der Waals surface area contributed by atoms with E-state index in [1.807, 2.05) is 24.3 Å². The first-order valence-electron chi connectivity index (χ1n) is 5.37. The van der Waals surface area contributed by atoms with E-state index in [4.69, 9.17) is 22.1 Å². The minimum absolute atomic E-state index is 0.512. The van der Waals surface area contributed by atoms with Crippen LogP contribution >= 0.6 is 43.5 Å². The molecular weight excluding hydrogens is 395 g/mol. The monoisotopic (exact) mass is 404 g/mol. The summed E-state index contributed by atoms with van der Waals surface area (Å²) in [5.41, 5.74) is 8.03. The Morgan fingerprint density at radius 1 is 1.16 bits per heavy atom. The average molecular weight is 407 g/mol. The maximum Gasteiger partial charge on any atom is 0.135 e. The molecular formula is C13H11Br2ClN2O. The third-order valence-corrected chi connectivity index (χ3v) is 4.17. The Hall–Kier alpha value is -0.910. The highest BCUT2D eigenvalue weighted by molar-refractivity contribution is 9.11. The zero-order chi connectivity index (χ0) is 14.0. The van der Waals surface area contributed by atoms with Gasteiger partial charge >= 0.3 is 0 Å². The van der Waals surface area contributed by atoms with E-state index in [2.05, 4.69) is 37.2 Å². The van der Waals surface area contributed by atoms with E-state index < -0.39 is 0 Å². The van der Waals surface area contributed by atoms with Crippen LogP contribution in [0.2, 0.25) is 5.02 Å². The Labute approximate surface area is 133 Å². The van der Waals surface area contributed by atoms with Gasteiger partial charge in [0.1, 0.15) is 5.75 Å². The molecule has 0 saturated heterocycles. The number of nitrogen functional groups attached to an aromatic ring is 1. The molecule has 0 unspecified atom stereocenters. The standard InChI is InChI=1S/C13H11Br2ClN2O/c1-19-12-6-11(7(14)5-8(12)15)18-10-4-2-3-9(16)13(10)17/h2-6,18H,17H2,1H3. The van der Waals surface area contributed by atoms with Gasteiger partial charge in [-0.25, -0.2) is 0 Å². The first-order chi connectivity index (χ1) is 9.02. The normalized spacial score (nSPS) is 10.3. The van der Waals surface area contributed by atoms with Gasteiger partial charge in [-0.1, -0.05) is 17.7 Å². The highest BCUT2D eigenvalue weighted by Gasteiger charge is 2.09. The maximum atomic E-state index is 5.99. The minimum atomic E-state index is 0.512. The van der Waals surface area contributed by atoms with Crippen LogP contribution in [0.5, 0.6) is 5.75 Å². The molecule has 0 saturated carbocycles. The van der Waals surface area contributed by atoms with Gasteiger partial charge in [0, 0.05) is 10.5 Å². The quantitative estimate of drug-likeness (QED) is 0.689. The summed E-state index contributed by atoms with van der Waals surface area (Å²) < 4.78 is 7.02. The molecule has 0 atom stereocenters.